The van der Waals surface area contributed by atoms with E-state index in [4.69, 9.17) is 11.2 Å². The molecule has 0 aliphatic heterocycles. The fraction of sp³-hybridized carbons (Fsp3) is 0.947. The summed E-state index contributed by atoms with van der Waals surface area (Å²) in [7, 11) is 0. The molecule has 7 heteroatoms. The summed E-state index contributed by atoms with van der Waals surface area (Å²) in [6.45, 7) is -0.705. The lowest BCUT2D eigenvalue weighted by atomic mass is 10.0. The third-order valence-corrected chi connectivity index (χ3v) is 4.37. The Morgan fingerprint density at radius 3 is 1.88 bits per heavy atom. The number of carbonyl (C=O) groups is 1. The van der Waals surface area contributed by atoms with Gasteiger partial charge in [-0.2, -0.15) is 0 Å². The van der Waals surface area contributed by atoms with Gasteiger partial charge in [0, 0.05) is 7.79 Å². The van der Waals surface area contributed by atoms with Gasteiger partial charge < -0.3 is 30.3 Å². The van der Waals surface area contributed by atoms with Crippen molar-refractivity contribution >= 4 is 5.97 Å². The summed E-state index contributed by atoms with van der Waals surface area (Å²) in [6.07, 6.45) is 4.52. The largest absolute Gasteiger partial charge is 0.463 e. The van der Waals surface area contributed by atoms with Crippen LogP contribution in [0.5, 0.6) is 0 Å². The molecule has 0 bridgehead atoms. The molecule has 0 unspecified atom stereocenters. The van der Waals surface area contributed by atoms with Crippen LogP contribution < -0.4 is 0 Å². The zero-order valence-corrected chi connectivity index (χ0v) is 15.8. The smallest absolute Gasteiger partial charge is 0.305 e. The van der Waals surface area contributed by atoms with Crippen molar-refractivity contribution in [1.29, 1.82) is 0 Å². The molecule has 26 heavy (non-hydrogen) atoms. The molecule has 0 spiro atoms. The van der Waals surface area contributed by atoms with Gasteiger partial charge in [0.1, 0.15) is 31.0 Å². The number of carbonyl (C=O) groups excluding carboxylic acids is 1. The Labute approximate surface area is 158 Å². The van der Waals surface area contributed by atoms with E-state index in [0.717, 1.165) is 32.1 Å². The highest BCUT2D eigenvalue weighted by atomic mass is 16.5. The van der Waals surface area contributed by atoms with Gasteiger partial charge >= 0.3 is 5.97 Å². The molecule has 0 radical (unpaired) electrons. The van der Waals surface area contributed by atoms with Crippen molar-refractivity contribution in [3.8, 4) is 0 Å². The Morgan fingerprint density at radius 2 is 1.35 bits per heavy atom. The highest BCUT2D eigenvalue weighted by Crippen LogP contribution is 2.12. The maximum absolute atomic E-state index is 11.6. The van der Waals surface area contributed by atoms with Crippen molar-refractivity contribution in [2.45, 2.75) is 102 Å². The summed E-state index contributed by atoms with van der Waals surface area (Å²) in [5.74, 6) is -0.479. The molecule has 156 valence electrons. The van der Waals surface area contributed by atoms with E-state index in [1.165, 1.54) is 25.7 Å². The van der Waals surface area contributed by atoms with Crippen molar-refractivity contribution in [3.05, 3.63) is 0 Å². The zero-order chi connectivity index (χ0) is 20.5. The molecule has 4 atom stereocenters. The van der Waals surface area contributed by atoms with Crippen LogP contribution in [0.25, 0.3) is 0 Å². The maximum atomic E-state index is 11.6. The van der Waals surface area contributed by atoms with Gasteiger partial charge in [-0.25, -0.2) is 0 Å². The number of esters is 1. The molecule has 0 aromatic rings. The Kier molecular flexibility index (Phi) is 14.7. The van der Waals surface area contributed by atoms with Crippen LogP contribution in [-0.4, -0.2) is 69.1 Å². The molecule has 0 saturated heterocycles. The van der Waals surface area contributed by atoms with Crippen LogP contribution in [-0.2, 0) is 9.53 Å². The van der Waals surface area contributed by atoms with Gasteiger partial charge in [0.05, 0.1) is 6.61 Å². The lowest BCUT2D eigenvalue weighted by molar-refractivity contribution is -0.156. The summed E-state index contributed by atoms with van der Waals surface area (Å²) >= 11 is 0. The van der Waals surface area contributed by atoms with Crippen LogP contribution in [0.15, 0.2) is 0 Å². The number of aliphatic hydroxyl groups excluding tert-OH is 5. The molecule has 5 N–H and O–H groups in total. The third kappa shape index (κ3) is 12.6. The highest BCUT2D eigenvalue weighted by molar-refractivity contribution is 5.69. The number of hydrogen-bond acceptors (Lipinski definition) is 7. The van der Waals surface area contributed by atoms with Crippen molar-refractivity contribution < 1.29 is 36.4 Å². The summed E-state index contributed by atoms with van der Waals surface area (Å²) in [4.78, 5) is 11.6. The quantitative estimate of drug-likeness (QED) is 0.190. The second kappa shape index (κ2) is 16.4. The maximum Gasteiger partial charge on any atom is 0.305 e. The van der Waals surface area contributed by atoms with Crippen LogP contribution in [0.3, 0.4) is 0 Å². The second-order valence-corrected chi connectivity index (χ2v) is 6.77. The molecule has 7 nitrogen and oxygen atoms in total. The first kappa shape index (κ1) is 23.3. The predicted octanol–water partition coefficient (Wildman–Crippen LogP) is 1.28. The number of hydrogen-bond donors (Lipinski definition) is 5. The van der Waals surface area contributed by atoms with Crippen molar-refractivity contribution in [3.63, 3.8) is 0 Å². The average molecular weight is 380 g/mol. The van der Waals surface area contributed by atoms with E-state index >= 15 is 0 Å². The molecule has 0 aliphatic rings. The SMILES string of the molecule is [2H]CCCCCCCCCCCCC(=O)OC[C@@H](O)[C@@H](O)[C@H](O)[C@@H](O)CO. The van der Waals surface area contributed by atoms with Gasteiger partial charge in [-0.15, -0.1) is 0 Å². The molecule has 0 aliphatic carbocycles. The first-order valence-corrected chi connectivity index (χ1v) is 9.72. The fourth-order valence-corrected chi connectivity index (χ4v) is 2.60. The minimum Gasteiger partial charge on any atom is -0.463 e. The zero-order valence-electron chi connectivity index (χ0n) is 16.8. The molecular weight excluding hydrogens is 340 g/mol. The normalized spacial score (nSPS) is 16.6. The highest BCUT2D eigenvalue weighted by Gasteiger charge is 2.30. The van der Waals surface area contributed by atoms with Gasteiger partial charge in [0.15, 0.2) is 0 Å². The number of ether oxygens (including phenoxy) is 1. The molecule has 0 aromatic heterocycles. The summed E-state index contributed by atoms with van der Waals surface area (Å²) < 4.78 is 11.9. The monoisotopic (exact) mass is 379 g/mol. The van der Waals surface area contributed by atoms with E-state index in [1.54, 1.807) is 0 Å². The van der Waals surface area contributed by atoms with Gasteiger partial charge in [0.2, 0.25) is 0 Å². The van der Waals surface area contributed by atoms with Gasteiger partial charge in [-0.05, 0) is 6.42 Å². The average Bonchev–Trinajstić information content (AvgIpc) is 2.68. The minimum absolute atomic E-state index is 0.234. The van der Waals surface area contributed by atoms with Crippen molar-refractivity contribution in [2.24, 2.45) is 0 Å². The van der Waals surface area contributed by atoms with E-state index in [1.807, 2.05) is 0 Å². The molecule has 0 amide bonds. The lowest BCUT2D eigenvalue weighted by Gasteiger charge is -2.25. The molecule has 0 aromatic carbocycles. The third-order valence-electron chi connectivity index (χ3n) is 4.37. The van der Waals surface area contributed by atoms with E-state index in [0.29, 0.717) is 13.3 Å². The second-order valence-electron chi connectivity index (χ2n) is 6.77. The van der Waals surface area contributed by atoms with Crippen LogP contribution in [0, 0.1) is 0 Å². The molecule has 0 heterocycles. The lowest BCUT2D eigenvalue weighted by Crippen LogP contribution is -2.47. The van der Waals surface area contributed by atoms with Crippen LogP contribution in [0.4, 0.5) is 0 Å². The van der Waals surface area contributed by atoms with Crippen molar-refractivity contribution in [1.82, 2.24) is 0 Å². The first-order valence-electron chi connectivity index (χ1n) is 10.4. The molecule has 0 rings (SSSR count). The minimum atomic E-state index is -1.72. The predicted molar refractivity (Wildman–Crippen MR) is 98.5 cm³/mol. The van der Waals surface area contributed by atoms with Crippen LogP contribution in [0.2, 0.25) is 0 Å². The molecule has 0 fully saturated rings. The van der Waals surface area contributed by atoms with Crippen LogP contribution in [0.1, 0.15) is 78.9 Å². The first-order chi connectivity index (χ1) is 12.9. The molecule has 0 saturated carbocycles. The summed E-state index contributed by atoms with van der Waals surface area (Å²) in [6, 6.07) is 0. The summed E-state index contributed by atoms with van der Waals surface area (Å²) in [5.41, 5.74) is 0. The van der Waals surface area contributed by atoms with E-state index in [2.05, 4.69) is 0 Å². The van der Waals surface area contributed by atoms with Crippen LogP contribution >= 0.6 is 0 Å². The van der Waals surface area contributed by atoms with Crippen molar-refractivity contribution in [2.75, 3.05) is 13.2 Å². The van der Waals surface area contributed by atoms with E-state index < -0.39 is 43.6 Å². The summed E-state index contributed by atoms with van der Waals surface area (Å²) in [5, 5.41) is 46.6. The Hall–Kier alpha value is -0.730. The fourth-order valence-electron chi connectivity index (χ4n) is 2.60. The Bertz CT molecular complexity index is 357. The van der Waals surface area contributed by atoms with Gasteiger partial charge in [-0.1, -0.05) is 64.7 Å². The topological polar surface area (TPSA) is 127 Å². The van der Waals surface area contributed by atoms with E-state index in [9.17, 15) is 25.2 Å². The molecular formula is C19H38O7. The number of unbranched alkanes of at least 4 members (excludes halogenated alkanes) is 9. The van der Waals surface area contributed by atoms with Gasteiger partial charge in [-0.3, -0.25) is 4.79 Å². The number of aliphatic hydroxyl groups is 5. The number of rotatable bonds is 17. The Balaban J connectivity index is 3.58. The standard InChI is InChI=1S/C19H38O7/c1-2-3-4-5-6-7-8-9-10-11-12-17(23)26-14-16(22)19(25)18(24)15(21)13-20/h15-16,18-22,24-25H,2-14H2,1H3/t15-,16+,18+,19+/m0/s1/i1D. The van der Waals surface area contributed by atoms with E-state index in [-0.39, 0.29) is 6.42 Å². The van der Waals surface area contributed by atoms with Gasteiger partial charge in [0.25, 0.3) is 0 Å². The Morgan fingerprint density at radius 1 is 0.846 bits per heavy atom.